The molecule has 2 nitrogen and oxygen atoms in total. The van der Waals surface area contributed by atoms with Crippen LogP contribution in [-0.2, 0) is 0 Å². The van der Waals surface area contributed by atoms with E-state index in [9.17, 15) is 5.11 Å². The third kappa shape index (κ3) is 4.04. The summed E-state index contributed by atoms with van der Waals surface area (Å²) in [7, 11) is 4.05. The van der Waals surface area contributed by atoms with E-state index in [1.54, 1.807) is 18.2 Å². The Morgan fingerprint density at radius 2 is 1.68 bits per heavy atom. The Kier molecular flexibility index (Phi) is 5.52. The van der Waals surface area contributed by atoms with Crippen LogP contribution >= 0.6 is 23.2 Å². The molecule has 0 aliphatic heterocycles. The number of halogens is 2. The Hall–Kier alpha value is -1.48. The standard InChI is InChI=1S/C18H19Cl2NO/c1-12(11-21(2)3)18(13-5-4-6-15(22)9-13)14-7-8-16(19)17(20)10-14/h4-10,22H,11H2,1-3H3/b18-12+. The second-order valence-corrected chi connectivity index (χ2v) is 6.39. The lowest BCUT2D eigenvalue weighted by atomic mass is 9.93. The number of aromatic hydroxyl groups is 1. The van der Waals surface area contributed by atoms with Gasteiger partial charge in [-0.15, -0.1) is 0 Å². The Morgan fingerprint density at radius 3 is 2.27 bits per heavy atom. The van der Waals surface area contributed by atoms with Gasteiger partial charge in [0.05, 0.1) is 10.0 Å². The average molecular weight is 336 g/mol. The van der Waals surface area contributed by atoms with Gasteiger partial charge in [-0.1, -0.05) is 47.0 Å². The lowest BCUT2D eigenvalue weighted by Crippen LogP contribution is -2.15. The van der Waals surface area contributed by atoms with E-state index in [1.165, 1.54) is 5.57 Å². The predicted molar refractivity (Wildman–Crippen MR) is 94.8 cm³/mol. The monoisotopic (exact) mass is 335 g/mol. The number of phenols is 1. The molecular weight excluding hydrogens is 317 g/mol. The molecular formula is C18H19Cl2NO. The van der Waals surface area contributed by atoms with Crippen LogP contribution in [0.5, 0.6) is 5.75 Å². The van der Waals surface area contributed by atoms with Gasteiger partial charge in [0.25, 0.3) is 0 Å². The maximum Gasteiger partial charge on any atom is 0.116 e. The molecule has 2 aromatic carbocycles. The topological polar surface area (TPSA) is 23.5 Å². The van der Waals surface area contributed by atoms with Gasteiger partial charge in [-0.2, -0.15) is 0 Å². The van der Waals surface area contributed by atoms with E-state index in [-0.39, 0.29) is 5.75 Å². The minimum atomic E-state index is 0.243. The van der Waals surface area contributed by atoms with E-state index in [4.69, 9.17) is 23.2 Å². The van der Waals surface area contributed by atoms with Crippen LogP contribution in [-0.4, -0.2) is 30.6 Å². The quantitative estimate of drug-likeness (QED) is 0.841. The lowest BCUT2D eigenvalue weighted by Gasteiger charge is -2.17. The summed E-state index contributed by atoms with van der Waals surface area (Å²) in [6.07, 6.45) is 0. The number of hydrogen-bond acceptors (Lipinski definition) is 2. The van der Waals surface area contributed by atoms with Gasteiger partial charge >= 0.3 is 0 Å². The summed E-state index contributed by atoms with van der Waals surface area (Å²) in [5, 5.41) is 10.8. The summed E-state index contributed by atoms with van der Waals surface area (Å²) >= 11 is 12.2. The minimum absolute atomic E-state index is 0.243. The van der Waals surface area contributed by atoms with Gasteiger partial charge < -0.3 is 10.0 Å². The highest BCUT2D eigenvalue weighted by molar-refractivity contribution is 6.42. The summed E-state index contributed by atoms with van der Waals surface area (Å²) in [5.41, 5.74) is 4.19. The molecule has 0 aliphatic carbocycles. The first-order valence-electron chi connectivity index (χ1n) is 6.98. The molecule has 4 heteroatoms. The number of rotatable bonds is 4. The highest BCUT2D eigenvalue weighted by Crippen LogP contribution is 2.33. The summed E-state index contributed by atoms with van der Waals surface area (Å²) in [4.78, 5) is 2.11. The average Bonchev–Trinajstić information content (AvgIpc) is 2.42. The Balaban J connectivity index is 2.62. The number of benzene rings is 2. The number of hydrogen-bond donors (Lipinski definition) is 1. The largest absolute Gasteiger partial charge is 0.508 e. The lowest BCUT2D eigenvalue weighted by molar-refractivity contribution is 0.446. The van der Waals surface area contributed by atoms with E-state index >= 15 is 0 Å². The molecule has 0 fully saturated rings. The molecule has 116 valence electrons. The molecule has 0 bridgehead atoms. The molecule has 0 unspecified atom stereocenters. The van der Waals surface area contributed by atoms with Crippen molar-refractivity contribution in [3.63, 3.8) is 0 Å². The van der Waals surface area contributed by atoms with Gasteiger partial charge in [-0.3, -0.25) is 0 Å². The van der Waals surface area contributed by atoms with Crippen molar-refractivity contribution in [1.29, 1.82) is 0 Å². The first kappa shape index (κ1) is 16.9. The van der Waals surface area contributed by atoms with Crippen molar-refractivity contribution in [3.8, 4) is 5.75 Å². The predicted octanol–water partition coefficient (Wildman–Crippen LogP) is 5.08. The summed E-state index contributed by atoms with van der Waals surface area (Å²) < 4.78 is 0. The van der Waals surface area contributed by atoms with Crippen LogP contribution in [0.4, 0.5) is 0 Å². The third-order valence-electron chi connectivity index (χ3n) is 3.32. The fraction of sp³-hybridized carbons (Fsp3) is 0.222. The van der Waals surface area contributed by atoms with Crippen LogP contribution < -0.4 is 0 Å². The smallest absolute Gasteiger partial charge is 0.116 e. The summed E-state index contributed by atoms with van der Waals surface area (Å²) in [5.74, 6) is 0.243. The van der Waals surface area contributed by atoms with Crippen LogP contribution in [0.25, 0.3) is 5.57 Å². The zero-order chi connectivity index (χ0) is 16.3. The molecule has 1 N–H and O–H groups in total. The highest BCUT2D eigenvalue weighted by Gasteiger charge is 2.12. The van der Waals surface area contributed by atoms with Gasteiger partial charge in [0, 0.05) is 6.54 Å². The first-order valence-corrected chi connectivity index (χ1v) is 7.73. The van der Waals surface area contributed by atoms with Crippen molar-refractivity contribution in [2.45, 2.75) is 6.92 Å². The van der Waals surface area contributed by atoms with E-state index in [2.05, 4.69) is 11.8 Å². The molecule has 0 aromatic heterocycles. The van der Waals surface area contributed by atoms with Gasteiger partial charge in [0.15, 0.2) is 0 Å². The van der Waals surface area contributed by atoms with E-state index in [0.29, 0.717) is 10.0 Å². The van der Waals surface area contributed by atoms with Crippen LogP contribution in [0.2, 0.25) is 10.0 Å². The molecule has 2 aromatic rings. The van der Waals surface area contributed by atoms with Crippen molar-refractivity contribution in [2.24, 2.45) is 0 Å². The molecule has 0 spiro atoms. The van der Waals surface area contributed by atoms with Crippen LogP contribution in [0, 0.1) is 0 Å². The van der Waals surface area contributed by atoms with Crippen LogP contribution in [0.15, 0.2) is 48.0 Å². The number of phenolic OH excluding ortho intramolecular Hbond substituents is 1. The zero-order valence-corrected chi connectivity index (χ0v) is 14.4. The fourth-order valence-corrected chi connectivity index (χ4v) is 2.82. The van der Waals surface area contributed by atoms with Crippen molar-refractivity contribution < 1.29 is 5.11 Å². The molecule has 0 radical (unpaired) electrons. The summed E-state index contributed by atoms with van der Waals surface area (Å²) in [6.45, 7) is 2.90. The SMILES string of the molecule is C/C(CN(C)C)=C(/c1cccc(O)c1)c1ccc(Cl)c(Cl)c1. The molecule has 22 heavy (non-hydrogen) atoms. The van der Waals surface area contributed by atoms with E-state index in [0.717, 1.165) is 23.2 Å². The highest BCUT2D eigenvalue weighted by atomic mass is 35.5. The summed E-state index contributed by atoms with van der Waals surface area (Å²) in [6, 6.07) is 12.9. The molecule has 0 heterocycles. The zero-order valence-electron chi connectivity index (χ0n) is 12.9. The fourth-order valence-electron chi connectivity index (χ4n) is 2.53. The molecule has 0 aliphatic rings. The van der Waals surface area contributed by atoms with Crippen molar-refractivity contribution >= 4 is 28.8 Å². The minimum Gasteiger partial charge on any atom is -0.508 e. The molecule has 0 atom stereocenters. The van der Waals surface area contributed by atoms with Crippen molar-refractivity contribution in [3.05, 3.63) is 69.2 Å². The van der Waals surface area contributed by atoms with Gasteiger partial charge in [0.2, 0.25) is 0 Å². The number of likely N-dealkylation sites (N-methyl/N-ethyl adjacent to an activating group) is 1. The molecule has 0 saturated heterocycles. The van der Waals surface area contributed by atoms with Crippen LogP contribution in [0.3, 0.4) is 0 Å². The second kappa shape index (κ2) is 7.19. The third-order valence-corrected chi connectivity index (χ3v) is 4.06. The maximum atomic E-state index is 9.79. The number of nitrogens with zero attached hydrogens (tertiary/aromatic N) is 1. The molecule has 2 rings (SSSR count). The van der Waals surface area contributed by atoms with Gasteiger partial charge in [-0.25, -0.2) is 0 Å². The molecule has 0 saturated carbocycles. The Labute approximate surface area is 141 Å². The van der Waals surface area contributed by atoms with E-state index in [1.807, 2.05) is 38.4 Å². The van der Waals surface area contributed by atoms with Gasteiger partial charge in [0.1, 0.15) is 5.75 Å². The molecule has 0 amide bonds. The maximum absolute atomic E-state index is 9.79. The second-order valence-electron chi connectivity index (χ2n) is 5.57. The van der Waals surface area contributed by atoms with Crippen molar-refractivity contribution in [2.75, 3.05) is 20.6 Å². The van der Waals surface area contributed by atoms with Gasteiger partial charge in [-0.05, 0) is 62.0 Å². The Morgan fingerprint density at radius 1 is 1.00 bits per heavy atom. The first-order chi connectivity index (χ1) is 10.4. The van der Waals surface area contributed by atoms with Crippen LogP contribution in [0.1, 0.15) is 18.1 Å². The Bertz CT molecular complexity index is 708. The van der Waals surface area contributed by atoms with E-state index < -0.39 is 0 Å². The van der Waals surface area contributed by atoms with Crippen molar-refractivity contribution in [1.82, 2.24) is 4.90 Å². The normalized spacial score (nSPS) is 12.5.